The highest BCUT2D eigenvalue weighted by atomic mass is 35.5. The lowest BCUT2D eigenvalue weighted by Crippen LogP contribution is -2.14. The van der Waals surface area contributed by atoms with Crippen LogP contribution in [0.3, 0.4) is 0 Å². The number of carbonyl (C=O) groups is 1. The second-order valence-electron chi connectivity index (χ2n) is 6.41. The number of amides is 1. The fourth-order valence-electron chi connectivity index (χ4n) is 2.95. The maximum Gasteiger partial charge on any atom is 0.257 e. The number of nitrogens with one attached hydrogen (secondary N) is 1. The van der Waals surface area contributed by atoms with E-state index >= 15 is 0 Å². The molecule has 1 N–H and O–H groups in total. The van der Waals surface area contributed by atoms with Crippen molar-refractivity contribution < 1.29 is 22.4 Å². The minimum atomic E-state index is -1.34. The number of carbonyl (C=O) groups excluding carboxylic acids is 1. The molecule has 1 amide bonds. The quantitative estimate of drug-likeness (QED) is 0.350. The molecule has 30 heavy (non-hydrogen) atoms. The molecule has 0 bridgehead atoms. The molecule has 0 saturated carbocycles. The molecule has 1 aromatic heterocycles. The molecular weight excluding hydrogens is 440 g/mol. The fraction of sp³-hybridized carbons (Fsp3) is 0.0476. The number of fused-ring (bicyclic) bond motifs is 1. The lowest BCUT2D eigenvalue weighted by molar-refractivity contribution is 0.102. The molecule has 0 atom stereocenters. The summed E-state index contributed by atoms with van der Waals surface area (Å²) in [4.78, 5) is 16.8. The lowest BCUT2D eigenvalue weighted by Gasteiger charge is -2.12. The van der Waals surface area contributed by atoms with Crippen molar-refractivity contribution in [3.05, 3.63) is 81.1 Å². The predicted molar refractivity (Wildman–Crippen MR) is 108 cm³/mol. The first-order valence-electron chi connectivity index (χ1n) is 8.56. The molecule has 0 fully saturated rings. The lowest BCUT2D eigenvalue weighted by atomic mass is 10.1. The molecule has 0 radical (unpaired) electrons. The molecule has 9 heteroatoms. The van der Waals surface area contributed by atoms with Crippen LogP contribution in [-0.4, -0.2) is 10.9 Å². The summed E-state index contributed by atoms with van der Waals surface area (Å²) in [6.45, 7) is 1.62. The molecule has 0 aliphatic heterocycles. The summed E-state index contributed by atoms with van der Waals surface area (Å²) in [5.41, 5.74) is 1.34. The van der Waals surface area contributed by atoms with Crippen molar-refractivity contribution in [2.24, 2.45) is 0 Å². The van der Waals surface area contributed by atoms with E-state index in [1.807, 2.05) is 0 Å². The number of para-hydroxylation sites is 1. The number of aromatic nitrogens is 1. The average molecular weight is 451 g/mol. The molecule has 0 unspecified atom stereocenters. The second kappa shape index (κ2) is 7.66. The zero-order valence-corrected chi connectivity index (χ0v) is 16.7. The van der Waals surface area contributed by atoms with Crippen LogP contribution in [-0.2, 0) is 0 Å². The molecule has 0 saturated heterocycles. The number of benzene rings is 3. The first-order chi connectivity index (χ1) is 14.3. The number of halogens is 5. The van der Waals surface area contributed by atoms with Crippen LogP contribution in [0, 0.1) is 24.4 Å². The Morgan fingerprint density at radius 3 is 2.60 bits per heavy atom. The van der Waals surface area contributed by atoms with Crippen molar-refractivity contribution in [1.82, 2.24) is 4.98 Å². The minimum absolute atomic E-state index is 0.0872. The molecule has 3 aromatic carbocycles. The maximum absolute atomic E-state index is 14.3. The first-order valence-corrected chi connectivity index (χ1v) is 9.32. The van der Waals surface area contributed by atoms with Crippen LogP contribution < -0.4 is 5.32 Å². The molecular formula is C21H11Cl2F3N2O2. The van der Waals surface area contributed by atoms with Gasteiger partial charge in [0.1, 0.15) is 11.3 Å². The van der Waals surface area contributed by atoms with Gasteiger partial charge in [0, 0.05) is 11.3 Å². The van der Waals surface area contributed by atoms with Gasteiger partial charge in [-0.15, -0.1) is 0 Å². The van der Waals surface area contributed by atoms with Crippen LogP contribution in [0.5, 0.6) is 0 Å². The fourth-order valence-corrected chi connectivity index (χ4v) is 3.40. The van der Waals surface area contributed by atoms with Gasteiger partial charge < -0.3 is 9.73 Å². The van der Waals surface area contributed by atoms with Gasteiger partial charge in [-0.3, -0.25) is 4.79 Å². The Morgan fingerprint density at radius 1 is 1.10 bits per heavy atom. The van der Waals surface area contributed by atoms with Crippen LogP contribution in [0.15, 0.2) is 46.9 Å². The van der Waals surface area contributed by atoms with Gasteiger partial charge in [0.2, 0.25) is 5.89 Å². The molecule has 4 aromatic rings. The summed E-state index contributed by atoms with van der Waals surface area (Å²) >= 11 is 11.8. The number of hydrogen-bond donors (Lipinski definition) is 1. The van der Waals surface area contributed by atoms with Gasteiger partial charge in [0.05, 0.1) is 15.6 Å². The Kier molecular flexibility index (Phi) is 5.17. The monoisotopic (exact) mass is 450 g/mol. The van der Waals surface area contributed by atoms with Gasteiger partial charge >= 0.3 is 0 Å². The number of oxazole rings is 1. The summed E-state index contributed by atoms with van der Waals surface area (Å²) < 4.78 is 46.9. The van der Waals surface area contributed by atoms with Crippen LogP contribution in [0.2, 0.25) is 10.0 Å². The maximum atomic E-state index is 14.3. The van der Waals surface area contributed by atoms with Gasteiger partial charge in [-0.1, -0.05) is 29.3 Å². The molecule has 4 nitrogen and oxygen atoms in total. The van der Waals surface area contributed by atoms with E-state index in [2.05, 4.69) is 10.3 Å². The number of anilines is 1. The first kappa shape index (κ1) is 20.3. The number of nitrogens with zero attached hydrogens (tertiary/aromatic N) is 1. The number of rotatable bonds is 3. The van der Waals surface area contributed by atoms with Gasteiger partial charge in [-0.05, 0) is 48.9 Å². The van der Waals surface area contributed by atoms with Crippen LogP contribution in [0.25, 0.3) is 22.6 Å². The third-order valence-electron chi connectivity index (χ3n) is 4.50. The third-order valence-corrected chi connectivity index (χ3v) is 5.18. The number of hydrogen-bond acceptors (Lipinski definition) is 3. The molecule has 0 spiro atoms. The second-order valence-corrected chi connectivity index (χ2v) is 7.19. The van der Waals surface area contributed by atoms with E-state index in [1.165, 1.54) is 6.07 Å². The van der Waals surface area contributed by atoms with Crippen molar-refractivity contribution in [3.63, 3.8) is 0 Å². The van der Waals surface area contributed by atoms with Crippen LogP contribution >= 0.6 is 23.2 Å². The van der Waals surface area contributed by atoms with E-state index in [9.17, 15) is 18.0 Å². The molecule has 1 heterocycles. The van der Waals surface area contributed by atoms with Gasteiger partial charge in [-0.25, -0.2) is 18.2 Å². The molecule has 152 valence electrons. The highest BCUT2D eigenvalue weighted by molar-refractivity contribution is 6.35. The van der Waals surface area contributed by atoms with Crippen molar-refractivity contribution in [3.8, 4) is 11.5 Å². The molecule has 0 aliphatic carbocycles. The Bertz CT molecular complexity index is 1320. The highest BCUT2D eigenvalue weighted by Gasteiger charge is 2.20. The normalized spacial score (nSPS) is 11.1. The summed E-state index contributed by atoms with van der Waals surface area (Å²) in [6, 6.07) is 9.10. The summed E-state index contributed by atoms with van der Waals surface area (Å²) in [5.74, 6) is -3.93. The van der Waals surface area contributed by atoms with Gasteiger partial charge in [0.15, 0.2) is 17.2 Å². The van der Waals surface area contributed by atoms with Gasteiger partial charge in [0.25, 0.3) is 5.91 Å². The average Bonchev–Trinajstić information content (AvgIpc) is 3.14. The largest absolute Gasteiger partial charge is 0.436 e. The van der Waals surface area contributed by atoms with E-state index in [-0.39, 0.29) is 22.7 Å². The Hall–Kier alpha value is -3.03. The summed E-state index contributed by atoms with van der Waals surface area (Å²) in [7, 11) is 0. The zero-order chi connectivity index (χ0) is 21.6. The minimum Gasteiger partial charge on any atom is -0.436 e. The summed E-state index contributed by atoms with van der Waals surface area (Å²) in [5, 5.41) is 2.16. The molecule has 0 aliphatic rings. The van der Waals surface area contributed by atoms with E-state index in [1.54, 1.807) is 25.1 Å². The van der Waals surface area contributed by atoms with Crippen molar-refractivity contribution in [2.75, 3.05) is 5.32 Å². The predicted octanol–water partition coefficient (Wildman–Crippen LogP) is 6.78. The van der Waals surface area contributed by atoms with E-state index in [0.717, 1.165) is 18.2 Å². The van der Waals surface area contributed by atoms with Crippen molar-refractivity contribution >= 4 is 45.9 Å². The summed E-state index contributed by atoms with van der Waals surface area (Å²) in [6.07, 6.45) is 0. The topological polar surface area (TPSA) is 55.1 Å². The van der Waals surface area contributed by atoms with Crippen molar-refractivity contribution in [1.29, 1.82) is 0 Å². The van der Waals surface area contributed by atoms with Crippen LogP contribution in [0.1, 0.15) is 15.9 Å². The molecule has 4 rings (SSSR count). The van der Waals surface area contributed by atoms with Gasteiger partial charge in [-0.2, -0.15) is 0 Å². The van der Waals surface area contributed by atoms with E-state index < -0.39 is 28.4 Å². The SMILES string of the molecule is Cc1c(NC(=O)c2ccc(F)c(F)c2Cl)cc(F)cc1-c1nc2c(Cl)cccc2o1. The highest BCUT2D eigenvalue weighted by Crippen LogP contribution is 2.34. The zero-order valence-electron chi connectivity index (χ0n) is 15.2. The standard InChI is InChI=1S/C21H11Cl2F3N2O2/c1-9-12(21-28-19-13(22)3-2-4-16(19)30-21)7-10(24)8-15(9)27-20(29)11-5-6-14(25)18(26)17(11)23/h2-8H,1H3,(H,27,29). The van der Waals surface area contributed by atoms with Crippen molar-refractivity contribution in [2.45, 2.75) is 6.92 Å². The smallest absolute Gasteiger partial charge is 0.257 e. The van der Waals surface area contributed by atoms with E-state index in [0.29, 0.717) is 21.7 Å². The Morgan fingerprint density at radius 2 is 1.87 bits per heavy atom. The third kappa shape index (κ3) is 3.51. The van der Waals surface area contributed by atoms with E-state index in [4.69, 9.17) is 27.6 Å². The Balaban J connectivity index is 1.75. The van der Waals surface area contributed by atoms with Crippen LogP contribution in [0.4, 0.5) is 18.9 Å². The Labute approximate surface area is 178 Å².